The molecule has 1 aromatic heterocycles. The molecule has 134 valence electrons. The maximum atomic E-state index is 11.9. The zero-order valence-corrected chi connectivity index (χ0v) is 15.2. The molecule has 0 bridgehead atoms. The monoisotopic (exact) mass is 369 g/mol. The molecule has 1 N–H and O–H groups in total. The Morgan fingerprint density at radius 2 is 1.88 bits per heavy atom. The predicted octanol–water partition coefficient (Wildman–Crippen LogP) is 3.37. The van der Waals surface area contributed by atoms with Crippen LogP contribution in [-0.2, 0) is 17.9 Å². The SMILES string of the molecule is Cc1ccc(CNC(=O)CSc2nnc(COc3ccccc3)o2)cc1. The summed E-state index contributed by atoms with van der Waals surface area (Å²) in [5, 5.41) is 11.0. The van der Waals surface area contributed by atoms with Crippen LogP contribution < -0.4 is 10.1 Å². The molecule has 0 aliphatic rings. The van der Waals surface area contributed by atoms with Gasteiger partial charge in [0.1, 0.15) is 5.75 Å². The summed E-state index contributed by atoms with van der Waals surface area (Å²) in [6.45, 7) is 2.72. The fourth-order valence-corrected chi connectivity index (χ4v) is 2.71. The van der Waals surface area contributed by atoms with Gasteiger partial charge in [-0.1, -0.05) is 59.8 Å². The highest BCUT2D eigenvalue weighted by molar-refractivity contribution is 7.99. The van der Waals surface area contributed by atoms with Gasteiger partial charge in [-0.05, 0) is 24.6 Å². The number of ether oxygens (including phenoxy) is 1. The first-order chi connectivity index (χ1) is 12.7. The zero-order valence-electron chi connectivity index (χ0n) is 14.3. The third kappa shape index (κ3) is 5.63. The number of hydrogen-bond donors (Lipinski definition) is 1. The molecule has 2 aromatic carbocycles. The summed E-state index contributed by atoms with van der Waals surface area (Å²) in [6, 6.07) is 17.4. The molecule has 0 radical (unpaired) electrons. The number of nitrogens with one attached hydrogen (secondary N) is 1. The summed E-state index contributed by atoms with van der Waals surface area (Å²) in [6.07, 6.45) is 0. The fourth-order valence-electron chi connectivity index (χ4n) is 2.10. The van der Waals surface area contributed by atoms with Gasteiger partial charge < -0.3 is 14.5 Å². The quantitative estimate of drug-likeness (QED) is 0.614. The molecule has 26 heavy (non-hydrogen) atoms. The normalized spacial score (nSPS) is 10.5. The van der Waals surface area contributed by atoms with Gasteiger partial charge in [0.15, 0.2) is 6.61 Å². The Morgan fingerprint density at radius 1 is 1.12 bits per heavy atom. The van der Waals surface area contributed by atoms with E-state index < -0.39 is 0 Å². The molecular weight excluding hydrogens is 350 g/mol. The average molecular weight is 369 g/mol. The standard InChI is InChI=1S/C19H19N3O3S/c1-14-7-9-15(10-8-14)11-20-17(23)13-26-19-22-21-18(25-19)12-24-16-5-3-2-4-6-16/h2-10H,11-13H2,1H3,(H,20,23). The molecule has 7 heteroatoms. The van der Waals surface area contributed by atoms with Gasteiger partial charge in [-0.2, -0.15) is 0 Å². The predicted molar refractivity (Wildman–Crippen MR) is 98.8 cm³/mol. The molecule has 3 rings (SSSR count). The Kier molecular flexibility index (Phi) is 6.27. The van der Waals surface area contributed by atoms with E-state index in [4.69, 9.17) is 9.15 Å². The molecule has 0 saturated carbocycles. The number of hydrogen-bond acceptors (Lipinski definition) is 6. The van der Waals surface area contributed by atoms with E-state index in [2.05, 4.69) is 15.5 Å². The van der Waals surface area contributed by atoms with Crippen molar-refractivity contribution in [1.82, 2.24) is 15.5 Å². The van der Waals surface area contributed by atoms with Crippen LogP contribution in [0.3, 0.4) is 0 Å². The van der Waals surface area contributed by atoms with Gasteiger partial charge in [-0.15, -0.1) is 10.2 Å². The average Bonchev–Trinajstić information content (AvgIpc) is 3.13. The van der Waals surface area contributed by atoms with Crippen molar-refractivity contribution < 1.29 is 13.9 Å². The van der Waals surface area contributed by atoms with Crippen molar-refractivity contribution in [2.75, 3.05) is 5.75 Å². The highest BCUT2D eigenvalue weighted by Crippen LogP contribution is 2.17. The van der Waals surface area contributed by atoms with Crippen molar-refractivity contribution in [1.29, 1.82) is 0 Å². The van der Waals surface area contributed by atoms with Crippen LogP contribution in [0.2, 0.25) is 0 Å². The number of carbonyl (C=O) groups excluding carboxylic acids is 1. The van der Waals surface area contributed by atoms with Crippen LogP contribution in [-0.4, -0.2) is 21.9 Å². The topological polar surface area (TPSA) is 77.2 Å². The molecule has 0 spiro atoms. The molecule has 1 amide bonds. The van der Waals surface area contributed by atoms with Crippen molar-refractivity contribution >= 4 is 17.7 Å². The molecular formula is C19H19N3O3S. The van der Waals surface area contributed by atoms with Crippen molar-refractivity contribution in [3.05, 3.63) is 71.6 Å². The van der Waals surface area contributed by atoms with Crippen LogP contribution >= 0.6 is 11.8 Å². The van der Waals surface area contributed by atoms with Crippen molar-refractivity contribution in [2.24, 2.45) is 0 Å². The number of carbonyl (C=O) groups is 1. The maximum Gasteiger partial charge on any atom is 0.277 e. The summed E-state index contributed by atoms with van der Waals surface area (Å²) in [7, 11) is 0. The van der Waals surface area contributed by atoms with Gasteiger partial charge in [-0.25, -0.2) is 0 Å². The van der Waals surface area contributed by atoms with Crippen LogP contribution in [0.15, 0.2) is 64.2 Å². The molecule has 0 saturated heterocycles. The Hall–Kier alpha value is -2.80. The van der Waals surface area contributed by atoms with Crippen LogP contribution in [0, 0.1) is 6.92 Å². The number of thioether (sulfide) groups is 1. The van der Waals surface area contributed by atoms with Crippen molar-refractivity contribution in [3.8, 4) is 5.75 Å². The number of aromatic nitrogens is 2. The van der Waals surface area contributed by atoms with Crippen molar-refractivity contribution in [2.45, 2.75) is 25.3 Å². The van der Waals surface area contributed by atoms with Crippen LogP contribution in [0.25, 0.3) is 0 Å². The van der Waals surface area contributed by atoms with Gasteiger partial charge in [0.2, 0.25) is 5.91 Å². The van der Waals surface area contributed by atoms with Gasteiger partial charge in [0.25, 0.3) is 11.1 Å². The lowest BCUT2D eigenvalue weighted by Crippen LogP contribution is -2.24. The molecule has 6 nitrogen and oxygen atoms in total. The van der Waals surface area contributed by atoms with E-state index in [-0.39, 0.29) is 18.3 Å². The Balaban J connectivity index is 1.39. The van der Waals surface area contributed by atoms with Gasteiger partial charge >= 0.3 is 0 Å². The molecule has 3 aromatic rings. The minimum absolute atomic E-state index is 0.0872. The first kappa shape index (κ1) is 18.0. The van der Waals surface area contributed by atoms with E-state index in [1.807, 2.05) is 61.5 Å². The maximum absolute atomic E-state index is 11.9. The Bertz CT molecular complexity index is 835. The highest BCUT2D eigenvalue weighted by atomic mass is 32.2. The third-order valence-electron chi connectivity index (χ3n) is 3.49. The molecule has 0 atom stereocenters. The fraction of sp³-hybridized carbons (Fsp3) is 0.211. The summed E-state index contributed by atoms with van der Waals surface area (Å²) >= 11 is 1.20. The lowest BCUT2D eigenvalue weighted by atomic mass is 10.1. The third-order valence-corrected chi connectivity index (χ3v) is 4.31. The van der Waals surface area contributed by atoms with E-state index in [1.54, 1.807) is 0 Å². The largest absolute Gasteiger partial charge is 0.484 e. The lowest BCUT2D eigenvalue weighted by molar-refractivity contribution is -0.118. The van der Waals surface area contributed by atoms with Crippen molar-refractivity contribution in [3.63, 3.8) is 0 Å². The number of amides is 1. The second-order valence-corrected chi connectivity index (χ2v) is 6.54. The number of benzene rings is 2. The number of para-hydroxylation sites is 1. The lowest BCUT2D eigenvalue weighted by Gasteiger charge is -2.04. The van der Waals surface area contributed by atoms with Gasteiger partial charge in [-0.3, -0.25) is 4.79 Å². The summed E-state index contributed by atoms with van der Waals surface area (Å²) < 4.78 is 11.0. The van der Waals surface area contributed by atoms with Crippen LogP contribution in [0.5, 0.6) is 5.75 Å². The first-order valence-electron chi connectivity index (χ1n) is 8.14. The molecule has 0 aliphatic carbocycles. The Labute approximate surface area is 156 Å². The summed E-state index contributed by atoms with van der Waals surface area (Å²) in [5.74, 6) is 1.23. The van der Waals surface area contributed by atoms with E-state index in [1.165, 1.54) is 17.3 Å². The number of aryl methyl sites for hydroxylation is 1. The highest BCUT2D eigenvalue weighted by Gasteiger charge is 2.10. The second-order valence-electron chi connectivity index (χ2n) is 5.61. The Morgan fingerprint density at radius 3 is 2.65 bits per heavy atom. The minimum atomic E-state index is -0.0872. The van der Waals surface area contributed by atoms with E-state index in [9.17, 15) is 4.79 Å². The summed E-state index contributed by atoms with van der Waals surface area (Å²) in [4.78, 5) is 11.9. The molecule has 0 unspecified atom stereocenters. The van der Waals surface area contributed by atoms with Gasteiger partial charge in [0, 0.05) is 6.54 Å². The van der Waals surface area contributed by atoms with E-state index >= 15 is 0 Å². The second kappa shape index (κ2) is 9.05. The van der Waals surface area contributed by atoms with E-state index in [0.717, 1.165) is 11.3 Å². The van der Waals surface area contributed by atoms with Crippen LogP contribution in [0.1, 0.15) is 17.0 Å². The minimum Gasteiger partial charge on any atom is -0.484 e. The molecule has 0 aliphatic heterocycles. The van der Waals surface area contributed by atoms with Gasteiger partial charge in [0.05, 0.1) is 5.75 Å². The van der Waals surface area contributed by atoms with E-state index in [0.29, 0.717) is 17.7 Å². The first-order valence-corrected chi connectivity index (χ1v) is 9.13. The number of nitrogens with zero attached hydrogens (tertiary/aromatic N) is 2. The van der Waals surface area contributed by atoms with Crippen LogP contribution in [0.4, 0.5) is 0 Å². The molecule has 0 fully saturated rings. The smallest absolute Gasteiger partial charge is 0.277 e. The number of rotatable bonds is 8. The molecule has 1 heterocycles. The zero-order chi connectivity index (χ0) is 18.2. The summed E-state index contributed by atoms with van der Waals surface area (Å²) in [5.41, 5.74) is 2.26.